The highest BCUT2D eigenvalue weighted by atomic mass is 19.4. The van der Waals surface area contributed by atoms with Gasteiger partial charge < -0.3 is 15.3 Å². The van der Waals surface area contributed by atoms with Gasteiger partial charge in [-0.2, -0.15) is 13.2 Å². The van der Waals surface area contributed by atoms with E-state index in [1.165, 1.54) is 36.1 Å². The molecule has 37 heavy (non-hydrogen) atoms. The van der Waals surface area contributed by atoms with E-state index in [1.807, 2.05) is 12.1 Å². The van der Waals surface area contributed by atoms with E-state index in [1.54, 1.807) is 11.0 Å². The second-order valence-electron chi connectivity index (χ2n) is 10.9. The van der Waals surface area contributed by atoms with E-state index in [-0.39, 0.29) is 30.6 Å². The summed E-state index contributed by atoms with van der Waals surface area (Å²) in [6, 6.07) is 11.4. The lowest BCUT2D eigenvalue weighted by atomic mass is 9.91. The zero-order valence-electron chi connectivity index (χ0n) is 21.1. The van der Waals surface area contributed by atoms with Gasteiger partial charge in [-0.25, -0.2) is 0 Å². The molecule has 2 fully saturated rings. The lowest BCUT2D eigenvalue weighted by Crippen LogP contribution is -2.45. The maximum absolute atomic E-state index is 13.7. The van der Waals surface area contributed by atoms with Crippen LogP contribution in [0.2, 0.25) is 0 Å². The number of rotatable bonds is 8. The van der Waals surface area contributed by atoms with Crippen LogP contribution in [0.1, 0.15) is 60.8 Å². The predicted octanol–water partition coefficient (Wildman–Crippen LogP) is 5.22. The van der Waals surface area contributed by atoms with Gasteiger partial charge in [-0.1, -0.05) is 30.3 Å². The van der Waals surface area contributed by atoms with Crippen molar-refractivity contribution in [1.29, 1.82) is 0 Å². The summed E-state index contributed by atoms with van der Waals surface area (Å²) >= 11 is 0. The number of nitrogens with one attached hydrogen (secondary N) is 1. The van der Waals surface area contributed by atoms with Crippen LogP contribution in [0.25, 0.3) is 0 Å². The molecule has 0 aromatic heterocycles. The van der Waals surface area contributed by atoms with Gasteiger partial charge in [0.05, 0.1) is 18.2 Å². The van der Waals surface area contributed by atoms with Crippen molar-refractivity contribution in [2.24, 2.45) is 5.92 Å². The Hall–Kier alpha value is -2.58. The van der Waals surface area contributed by atoms with Crippen LogP contribution in [0.3, 0.4) is 0 Å². The molecule has 0 spiro atoms. The minimum atomic E-state index is -4.48. The van der Waals surface area contributed by atoms with E-state index < -0.39 is 17.8 Å². The number of carbonyl (C=O) groups excluding carboxylic acids is 1. The van der Waals surface area contributed by atoms with Crippen LogP contribution < -0.4 is 5.32 Å². The summed E-state index contributed by atoms with van der Waals surface area (Å²) in [7, 11) is 0. The number of aliphatic hydroxyl groups is 1. The summed E-state index contributed by atoms with van der Waals surface area (Å²) < 4.78 is 41.0. The summed E-state index contributed by atoms with van der Waals surface area (Å²) in [6.45, 7) is 3.00. The van der Waals surface area contributed by atoms with Crippen molar-refractivity contribution >= 4 is 11.6 Å². The molecule has 5 nitrogen and oxygen atoms in total. The topological polar surface area (TPSA) is 55.8 Å². The zero-order chi connectivity index (χ0) is 26.0. The standard InChI is InChI=1S/C29H36F3N3O2/c30-29(31,32)26-6-2-1-4-22(26)19-35(23-10-12-24(36)13-11-23)28(37)16-33-27-7-3-5-21-18-34(15-14-25(21)27)17-20-8-9-20/h1-7,20,23-24,33,36H,8-19H2. The normalized spacial score (nSPS) is 22.4. The summed E-state index contributed by atoms with van der Waals surface area (Å²) in [4.78, 5) is 17.6. The average Bonchev–Trinajstić information content (AvgIpc) is 3.70. The quantitative estimate of drug-likeness (QED) is 0.506. The van der Waals surface area contributed by atoms with Gasteiger partial charge in [0.25, 0.3) is 0 Å². The van der Waals surface area contributed by atoms with Crippen molar-refractivity contribution in [1.82, 2.24) is 9.80 Å². The van der Waals surface area contributed by atoms with Crippen LogP contribution >= 0.6 is 0 Å². The average molecular weight is 516 g/mol. The fraction of sp³-hybridized carbons (Fsp3) is 0.552. The molecule has 0 saturated heterocycles. The third-order valence-corrected chi connectivity index (χ3v) is 8.08. The Morgan fingerprint density at radius 3 is 2.51 bits per heavy atom. The molecule has 0 unspecified atom stereocenters. The van der Waals surface area contributed by atoms with Crippen LogP contribution in [0.4, 0.5) is 18.9 Å². The monoisotopic (exact) mass is 515 g/mol. The molecule has 3 aliphatic rings. The molecule has 2 N–H and O–H groups in total. The second-order valence-corrected chi connectivity index (χ2v) is 10.9. The Labute approximate surface area is 216 Å². The molecule has 1 heterocycles. The highest BCUT2D eigenvalue weighted by Crippen LogP contribution is 2.35. The maximum atomic E-state index is 13.7. The Morgan fingerprint density at radius 2 is 1.78 bits per heavy atom. The number of alkyl halides is 3. The lowest BCUT2D eigenvalue weighted by Gasteiger charge is -2.36. The molecule has 1 aliphatic heterocycles. The first-order valence-corrected chi connectivity index (χ1v) is 13.5. The zero-order valence-corrected chi connectivity index (χ0v) is 21.1. The van der Waals surface area contributed by atoms with Gasteiger partial charge >= 0.3 is 6.18 Å². The van der Waals surface area contributed by atoms with Crippen LogP contribution in [0, 0.1) is 5.92 Å². The fourth-order valence-corrected chi connectivity index (χ4v) is 5.84. The van der Waals surface area contributed by atoms with Crippen LogP contribution in [-0.2, 0) is 30.5 Å². The van der Waals surface area contributed by atoms with Gasteiger partial charge in [0.2, 0.25) is 5.91 Å². The summed E-state index contributed by atoms with van der Waals surface area (Å²) in [5.74, 6) is 0.622. The Bertz CT molecular complexity index is 1090. The van der Waals surface area contributed by atoms with E-state index >= 15 is 0 Å². The number of hydrogen-bond donors (Lipinski definition) is 2. The number of halogens is 3. The van der Waals surface area contributed by atoms with E-state index in [2.05, 4.69) is 16.3 Å². The minimum absolute atomic E-state index is 0.0233. The number of aliphatic hydroxyl groups excluding tert-OH is 1. The number of anilines is 1. The molecule has 0 bridgehead atoms. The molecule has 1 amide bonds. The molecule has 5 rings (SSSR count). The second kappa shape index (κ2) is 11.0. The Morgan fingerprint density at radius 1 is 1.03 bits per heavy atom. The van der Waals surface area contributed by atoms with E-state index in [9.17, 15) is 23.1 Å². The minimum Gasteiger partial charge on any atom is -0.393 e. The number of nitrogens with zero attached hydrogens (tertiary/aromatic N) is 2. The van der Waals surface area contributed by atoms with Crippen LogP contribution in [0.15, 0.2) is 42.5 Å². The number of benzene rings is 2. The van der Waals surface area contributed by atoms with Gasteiger partial charge in [-0.05, 0) is 79.7 Å². The van der Waals surface area contributed by atoms with Gasteiger partial charge in [0.15, 0.2) is 0 Å². The molecule has 2 aliphatic carbocycles. The number of fused-ring (bicyclic) bond motifs is 1. The van der Waals surface area contributed by atoms with Crippen LogP contribution in [-0.4, -0.2) is 52.6 Å². The third-order valence-electron chi connectivity index (χ3n) is 8.08. The molecular weight excluding hydrogens is 479 g/mol. The van der Waals surface area contributed by atoms with Crippen molar-refractivity contribution in [3.63, 3.8) is 0 Å². The Balaban J connectivity index is 1.30. The van der Waals surface area contributed by atoms with Gasteiger partial charge in [-0.15, -0.1) is 0 Å². The van der Waals surface area contributed by atoms with Crippen molar-refractivity contribution in [3.8, 4) is 0 Å². The summed E-state index contributed by atoms with van der Waals surface area (Å²) in [6.07, 6.45) is 0.944. The van der Waals surface area contributed by atoms with Gasteiger partial charge in [0.1, 0.15) is 0 Å². The van der Waals surface area contributed by atoms with E-state index in [4.69, 9.17) is 0 Å². The molecule has 2 saturated carbocycles. The fourth-order valence-electron chi connectivity index (χ4n) is 5.84. The SMILES string of the molecule is O=C(CNc1cccc2c1CCN(CC1CC1)C2)N(Cc1ccccc1C(F)(F)F)C1CCC(O)CC1. The lowest BCUT2D eigenvalue weighted by molar-refractivity contribution is -0.140. The van der Waals surface area contributed by atoms with Gasteiger partial charge in [-0.3, -0.25) is 9.69 Å². The molecule has 200 valence electrons. The van der Waals surface area contributed by atoms with Crippen molar-refractivity contribution < 1.29 is 23.1 Å². The third kappa shape index (κ3) is 6.47. The summed E-state index contributed by atoms with van der Waals surface area (Å²) in [5.41, 5.74) is 2.84. The number of carbonyl (C=O) groups is 1. The van der Waals surface area contributed by atoms with Gasteiger partial charge in [0, 0.05) is 37.9 Å². The van der Waals surface area contributed by atoms with Crippen LogP contribution in [0.5, 0.6) is 0 Å². The van der Waals surface area contributed by atoms with Crippen molar-refractivity contribution in [3.05, 3.63) is 64.7 Å². The Kier molecular flexibility index (Phi) is 7.77. The largest absolute Gasteiger partial charge is 0.416 e. The smallest absolute Gasteiger partial charge is 0.393 e. The van der Waals surface area contributed by atoms with Crippen molar-refractivity contribution in [2.45, 2.75) is 76.4 Å². The molecule has 8 heteroatoms. The summed E-state index contributed by atoms with van der Waals surface area (Å²) in [5, 5.41) is 13.3. The predicted molar refractivity (Wildman–Crippen MR) is 137 cm³/mol. The molecular formula is C29H36F3N3O2. The highest BCUT2D eigenvalue weighted by molar-refractivity contribution is 5.81. The first kappa shape index (κ1) is 26.0. The molecule has 2 aromatic carbocycles. The maximum Gasteiger partial charge on any atom is 0.416 e. The molecule has 2 aromatic rings. The molecule has 0 radical (unpaired) electrons. The van der Waals surface area contributed by atoms with E-state index in [0.29, 0.717) is 25.7 Å². The number of amides is 1. The molecule has 0 atom stereocenters. The number of hydrogen-bond acceptors (Lipinski definition) is 4. The first-order valence-electron chi connectivity index (χ1n) is 13.5. The first-order chi connectivity index (χ1) is 17.8. The highest BCUT2D eigenvalue weighted by Gasteiger charge is 2.35. The van der Waals surface area contributed by atoms with E-state index in [0.717, 1.165) is 43.7 Å². The van der Waals surface area contributed by atoms with Crippen molar-refractivity contribution in [2.75, 3.05) is 25.0 Å².